The first-order valence-corrected chi connectivity index (χ1v) is 4.68. The standard InChI is InChI=1S/C10H14N2O3/c1-3-15-8(13)5-7-4-6(2)12-10(14)9(7)11/h4H,3,5,11H2,1-2H3,(H,12,14). The van der Waals surface area contributed by atoms with Crippen LogP contribution in [0.2, 0.25) is 0 Å². The average molecular weight is 210 g/mol. The van der Waals surface area contributed by atoms with Crippen molar-refractivity contribution in [2.24, 2.45) is 0 Å². The van der Waals surface area contributed by atoms with Crippen molar-refractivity contribution in [1.29, 1.82) is 0 Å². The highest BCUT2D eigenvalue weighted by molar-refractivity contribution is 5.74. The molecule has 1 aromatic rings. The number of rotatable bonds is 3. The molecular formula is C10H14N2O3. The third-order valence-electron chi connectivity index (χ3n) is 1.93. The highest BCUT2D eigenvalue weighted by Crippen LogP contribution is 2.08. The number of nitrogens with two attached hydrogens (primary N) is 1. The summed E-state index contributed by atoms with van der Waals surface area (Å²) in [5, 5.41) is 0. The van der Waals surface area contributed by atoms with Crippen LogP contribution in [0, 0.1) is 6.92 Å². The number of hydrogen-bond donors (Lipinski definition) is 2. The maximum atomic E-state index is 11.3. The number of esters is 1. The van der Waals surface area contributed by atoms with Gasteiger partial charge in [0.05, 0.1) is 13.0 Å². The van der Waals surface area contributed by atoms with E-state index in [0.717, 1.165) is 0 Å². The fourth-order valence-electron chi connectivity index (χ4n) is 1.28. The molecule has 82 valence electrons. The minimum absolute atomic E-state index is 0.0322. The Morgan fingerprint density at radius 1 is 1.60 bits per heavy atom. The Balaban J connectivity index is 2.95. The highest BCUT2D eigenvalue weighted by Gasteiger charge is 2.10. The van der Waals surface area contributed by atoms with Gasteiger partial charge in [-0.1, -0.05) is 0 Å². The zero-order valence-corrected chi connectivity index (χ0v) is 8.79. The molecule has 0 spiro atoms. The zero-order valence-electron chi connectivity index (χ0n) is 8.79. The molecule has 5 heteroatoms. The average Bonchev–Trinajstić information content (AvgIpc) is 2.13. The Bertz CT molecular complexity index is 423. The predicted octanol–water partition coefficient (Wildman–Crippen LogP) is 0.371. The number of carbonyl (C=O) groups excluding carboxylic acids is 1. The van der Waals surface area contributed by atoms with Crippen molar-refractivity contribution in [1.82, 2.24) is 4.98 Å². The van der Waals surface area contributed by atoms with E-state index in [2.05, 4.69) is 4.98 Å². The van der Waals surface area contributed by atoms with E-state index in [1.807, 2.05) is 0 Å². The first-order chi connectivity index (χ1) is 7.04. The van der Waals surface area contributed by atoms with Crippen LogP contribution >= 0.6 is 0 Å². The van der Waals surface area contributed by atoms with Gasteiger partial charge in [0, 0.05) is 5.69 Å². The van der Waals surface area contributed by atoms with E-state index in [-0.39, 0.29) is 23.6 Å². The molecule has 1 aromatic heterocycles. The van der Waals surface area contributed by atoms with E-state index >= 15 is 0 Å². The van der Waals surface area contributed by atoms with Gasteiger partial charge in [-0.15, -0.1) is 0 Å². The number of anilines is 1. The van der Waals surface area contributed by atoms with E-state index in [0.29, 0.717) is 17.9 Å². The smallest absolute Gasteiger partial charge is 0.310 e. The van der Waals surface area contributed by atoms with Crippen LogP contribution < -0.4 is 11.3 Å². The second-order valence-electron chi connectivity index (χ2n) is 3.20. The number of carbonyl (C=O) groups is 1. The zero-order chi connectivity index (χ0) is 11.4. The van der Waals surface area contributed by atoms with Gasteiger partial charge in [-0.3, -0.25) is 9.59 Å². The van der Waals surface area contributed by atoms with Crippen molar-refractivity contribution < 1.29 is 9.53 Å². The van der Waals surface area contributed by atoms with Crippen molar-refractivity contribution >= 4 is 11.7 Å². The van der Waals surface area contributed by atoms with Crippen molar-refractivity contribution in [2.45, 2.75) is 20.3 Å². The second kappa shape index (κ2) is 4.63. The number of ether oxygens (including phenoxy) is 1. The molecule has 0 saturated heterocycles. The SMILES string of the molecule is CCOC(=O)Cc1cc(C)[nH]c(=O)c1N. The fraction of sp³-hybridized carbons (Fsp3) is 0.400. The summed E-state index contributed by atoms with van der Waals surface area (Å²) in [6.07, 6.45) is 0.0322. The molecule has 3 N–H and O–H groups in total. The van der Waals surface area contributed by atoms with E-state index < -0.39 is 0 Å². The molecule has 0 amide bonds. The Morgan fingerprint density at radius 2 is 2.27 bits per heavy atom. The van der Waals surface area contributed by atoms with Crippen molar-refractivity contribution in [2.75, 3.05) is 12.3 Å². The number of nitrogens with one attached hydrogen (secondary N) is 1. The van der Waals surface area contributed by atoms with Gasteiger partial charge in [0.1, 0.15) is 5.69 Å². The lowest BCUT2D eigenvalue weighted by molar-refractivity contribution is -0.142. The molecule has 15 heavy (non-hydrogen) atoms. The van der Waals surface area contributed by atoms with E-state index in [1.54, 1.807) is 19.9 Å². The van der Waals surface area contributed by atoms with Gasteiger partial charge in [0.15, 0.2) is 0 Å². The van der Waals surface area contributed by atoms with Crippen LogP contribution in [0.1, 0.15) is 18.2 Å². The minimum atomic E-state index is -0.380. The summed E-state index contributed by atoms with van der Waals surface area (Å²) in [5.74, 6) is -0.380. The summed E-state index contributed by atoms with van der Waals surface area (Å²) in [7, 11) is 0. The largest absolute Gasteiger partial charge is 0.466 e. The van der Waals surface area contributed by atoms with Gasteiger partial charge in [-0.05, 0) is 25.5 Å². The number of aryl methyl sites for hydroxylation is 1. The van der Waals surface area contributed by atoms with E-state index in [9.17, 15) is 9.59 Å². The number of nitrogen functional groups attached to an aromatic ring is 1. The van der Waals surface area contributed by atoms with Crippen molar-refractivity contribution in [3.63, 3.8) is 0 Å². The topological polar surface area (TPSA) is 85.2 Å². The molecule has 0 saturated carbocycles. The predicted molar refractivity (Wildman–Crippen MR) is 56.5 cm³/mol. The maximum Gasteiger partial charge on any atom is 0.310 e. The van der Waals surface area contributed by atoms with Gasteiger partial charge >= 0.3 is 5.97 Å². The Hall–Kier alpha value is -1.78. The third kappa shape index (κ3) is 2.83. The monoisotopic (exact) mass is 210 g/mol. The van der Waals surface area contributed by atoms with Gasteiger partial charge in [0.2, 0.25) is 0 Å². The molecule has 0 radical (unpaired) electrons. The van der Waals surface area contributed by atoms with Crippen LogP contribution in [0.3, 0.4) is 0 Å². The molecule has 0 atom stereocenters. The molecule has 5 nitrogen and oxygen atoms in total. The molecule has 0 fully saturated rings. The first-order valence-electron chi connectivity index (χ1n) is 4.68. The summed E-state index contributed by atoms with van der Waals surface area (Å²) >= 11 is 0. The number of hydrogen-bond acceptors (Lipinski definition) is 4. The molecule has 1 rings (SSSR count). The normalized spacial score (nSPS) is 10.0. The lowest BCUT2D eigenvalue weighted by Gasteiger charge is -2.05. The molecule has 0 aromatic carbocycles. The minimum Gasteiger partial charge on any atom is -0.466 e. The molecule has 0 aliphatic heterocycles. The lowest BCUT2D eigenvalue weighted by Crippen LogP contribution is -2.18. The molecular weight excluding hydrogens is 196 g/mol. The van der Waals surface area contributed by atoms with Crippen molar-refractivity contribution in [3.05, 3.63) is 27.7 Å². The van der Waals surface area contributed by atoms with Gasteiger partial charge in [-0.2, -0.15) is 0 Å². The summed E-state index contributed by atoms with van der Waals surface area (Å²) in [6.45, 7) is 3.78. The lowest BCUT2D eigenvalue weighted by atomic mass is 10.1. The van der Waals surface area contributed by atoms with Crippen LogP contribution in [-0.4, -0.2) is 17.6 Å². The highest BCUT2D eigenvalue weighted by atomic mass is 16.5. The quantitative estimate of drug-likeness (QED) is 0.706. The number of H-pyrrole nitrogens is 1. The molecule has 1 heterocycles. The van der Waals surface area contributed by atoms with Gasteiger partial charge in [0.25, 0.3) is 5.56 Å². The summed E-state index contributed by atoms with van der Waals surface area (Å²) < 4.78 is 4.77. The third-order valence-corrected chi connectivity index (χ3v) is 1.93. The van der Waals surface area contributed by atoms with E-state index in [1.165, 1.54) is 0 Å². The molecule has 0 aliphatic carbocycles. The maximum absolute atomic E-state index is 11.3. The number of aromatic nitrogens is 1. The molecule has 0 unspecified atom stereocenters. The summed E-state index contributed by atoms with van der Waals surface area (Å²) in [5.41, 5.74) is 6.44. The molecule has 0 aliphatic rings. The first kappa shape index (κ1) is 11.3. The van der Waals surface area contributed by atoms with Crippen LogP contribution in [0.4, 0.5) is 5.69 Å². The summed E-state index contributed by atoms with van der Waals surface area (Å²) in [4.78, 5) is 25.0. The Kier molecular flexibility index (Phi) is 3.49. The van der Waals surface area contributed by atoms with Crippen LogP contribution in [0.25, 0.3) is 0 Å². The number of pyridine rings is 1. The Labute approximate surface area is 87.3 Å². The van der Waals surface area contributed by atoms with Crippen molar-refractivity contribution in [3.8, 4) is 0 Å². The van der Waals surface area contributed by atoms with Gasteiger partial charge in [-0.25, -0.2) is 0 Å². The van der Waals surface area contributed by atoms with Crippen LogP contribution in [0.15, 0.2) is 10.9 Å². The Morgan fingerprint density at radius 3 is 2.87 bits per heavy atom. The van der Waals surface area contributed by atoms with E-state index in [4.69, 9.17) is 10.5 Å². The summed E-state index contributed by atoms with van der Waals surface area (Å²) in [6, 6.07) is 1.67. The fourth-order valence-corrected chi connectivity index (χ4v) is 1.28. The van der Waals surface area contributed by atoms with Crippen LogP contribution in [-0.2, 0) is 16.0 Å². The van der Waals surface area contributed by atoms with Crippen LogP contribution in [0.5, 0.6) is 0 Å². The number of aromatic amines is 1. The molecule has 0 bridgehead atoms. The second-order valence-corrected chi connectivity index (χ2v) is 3.20. The van der Waals surface area contributed by atoms with Gasteiger partial charge < -0.3 is 15.5 Å².